The Kier molecular flexibility index (Phi) is 3.62. The summed E-state index contributed by atoms with van der Waals surface area (Å²) in [5, 5.41) is 3.92. The summed E-state index contributed by atoms with van der Waals surface area (Å²) in [5.41, 5.74) is 6.93. The minimum absolute atomic E-state index is 0.00503. The van der Waals surface area contributed by atoms with Crippen molar-refractivity contribution in [1.82, 2.24) is 10.1 Å². The van der Waals surface area contributed by atoms with Gasteiger partial charge in [0.1, 0.15) is 5.82 Å². The van der Waals surface area contributed by atoms with Crippen molar-refractivity contribution in [3.8, 4) is 22.8 Å². The fourth-order valence-corrected chi connectivity index (χ4v) is 2.32. The van der Waals surface area contributed by atoms with E-state index in [2.05, 4.69) is 10.1 Å². The fraction of sp³-hybridized carbons (Fsp3) is 0.0667. The van der Waals surface area contributed by atoms with Gasteiger partial charge in [-0.05, 0) is 42.7 Å². The van der Waals surface area contributed by atoms with Gasteiger partial charge in [0.25, 0.3) is 5.89 Å². The second-order valence-electron chi connectivity index (χ2n) is 4.35. The summed E-state index contributed by atoms with van der Waals surface area (Å²) in [4.78, 5) is 5.43. The summed E-state index contributed by atoms with van der Waals surface area (Å²) < 4.78 is 18.6. The van der Waals surface area contributed by atoms with Crippen molar-refractivity contribution in [2.75, 3.05) is 12.0 Å². The molecular formula is C15H12FN3OS. The molecule has 1 heterocycles. The molecule has 3 rings (SSSR count). The predicted octanol–water partition coefficient (Wildman–Crippen LogP) is 3.85. The molecule has 0 aliphatic heterocycles. The number of aromatic nitrogens is 2. The first-order valence-electron chi connectivity index (χ1n) is 6.21. The molecule has 0 unspecified atom stereocenters. The minimum atomic E-state index is -0.503. The maximum atomic E-state index is 13.5. The van der Waals surface area contributed by atoms with Crippen molar-refractivity contribution >= 4 is 17.4 Å². The molecule has 0 saturated carbocycles. The Balaban J connectivity index is 1.97. The highest BCUT2D eigenvalue weighted by Crippen LogP contribution is 2.28. The summed E-state index contributed by atoms with van der Waals surface area (Å²) in [5.74, 6) is 0.147. The maximum absolute atomic E-state index is 13.5. The van der Waals surface area contributed by atoms with Crippen molar-refractivity contribution in [2.45, 2.75) is 4.90 Å². The van der Waals surface area contributed by atoms with E-state index in [0.717, 1.165) is 10.5 Å². The number of rotatable bonds is 3. The van der Waals surface area contributed by atoms with E-state index in [-0.39, 0.29) is 11.6 Å². The van der Waals surface area contributed by atoms with Gasteiger partial charge < -0.3 is 10.3 Å². The summed E-state index contributed by atoms with van der Waals surface area (Å²) in [6.07, 6.45) is 2.01. The first kappa shape index (κ1) is 13.6. The molecule has 2 N–H and O–H groups in total. The Bertz CT molecular complexity index is 771. The van der Waals surface area contributed by atoms with Crippen molar-refractivity contribution in [2.24, 2.45) is 0 Å². The third kappa shape index (κ3) is 2.62. The molecule has 6 heteroatoms. The highest BCUT2D eigenvalue weighted by molar-refractivity contribution is 7.98. The number of halogens is 1. The van der Waals surface area contributed by atoms with Crippen LogP contribution in [0.3, 0.4) is 0 Å². The molecule has 21 heavy (non-hydrogen) atoms. The number of hydrogen-bond donors (Lipinski definition) is 1. The monoisotopic (exact) mass is 301 g/mol. The molecule has 0 fully saturated rings. The molecule has 0 aliphatic carbocycles. The van der Waals surface area contributed by atoms with Gasteiger partial charge in [-0.25, -0.2) is 4.39 Å². The van der Waals surface area contributed by atoms with Gasteiger partial charge in [0, 0.05) is 10.5 Å². The number of nitrogens with zero attached hydrogens (tertiary/aromatic N) is 2. The number of nitrogen functional groups attached to an aromatic ring is 1. The minimum Gasteiger partial charge on any atom is -0.396 e. The molecule has 1 aromatic heterocycles. The van der Waals surface area contributed by atoms with Gasteiger partial charge in [0.15, 0.2) is 0 Å². The maximum Gasteiger partial charge on any atom is 0.260 e. The van der Waals surface area contributed by atoms with Gasteiger partial charge in [-0.3, -0.25) is 0 Å². The summed E-state index contributed by atoms with van der Waals surface area (Å²) in [6.45, 7) is 0. The van der Waals surface area contributed by atoms with E-state index in [1.807, 2.05) is 30.5 Å². The molecule has 0 bridgehead atoms. The third-order valence-corrected chi connectivity index (χ3v) is 3.80. The molecule has 0 aliphatic rings. The molecular weight excluding hydrogens is 289 g/mol. The lowest BCUT2D eigenvalue weighted by atomic mass is 10.1. The molecule has 0 atom stereocenters. The zero-order valence-corrected chi connectivity index (χ0v) is 12.0. The zero-order chi connectivity index (χ0) is 14.8. The average molecular weight is 301 g/mol. The van der Waals surface area contributed by atoms with Gasteiger partial charge in [-0.2, -0.15) is 4.98 Å². The van der Waals surface area contributed by atoms with E-state index in [4.69, 9.17) is 10.3 Å². The largest absolute Gasteiger partial charge is 0.396 e. The number of nitrogens with two attached hydrogens (primary N) is 1. The normalized spacial score (nSPS) is 10.8. The number of anilines is 1. The molecule has 0 radical (unpaired) electrons. The number of hydrogen-bond acceptors (Lipinski definition) is 5. The lowest BCUT2D eigenvalue weighted by Gasteiger charge is -2.00. The fourth-order valence-electron chi connectivity index (χ4n) is 1.91. The Hall–Kier alpha value is -2.34. The molecule has 0 saturated heterocycles. The lowest BCUT2D eigenvalue weighted by molar-refractivity contribution is 0.432. The lowest BCUT2D eigenvalue weighted by Crippen LogP contribution is -1.94. The van der Waals surface area contributed by atoms with E-state index in [1.54, 1.807) is 23.9 Å². The highest BCUT2D eigenvalue weighted by atomic mass is 32.2. The second kappa shape index (κ2) is 5.57. The van der Waals surface area contributed by atoms with Gasteiger partial charge in [-0.1, -0.05) is 11.2 Å². The number of benzene rings is 2. The van der Waals surface area contributed by atoms with Crippen LogP contribution < -0.4 is 5.73 Å². The van der Waals surface area contributed by atoms with E-state index >= 15 is 0 Å². The summed E-state index contributed by atoms with van der Waals surface area (Å²) >= 11 is 1.66. The van der Waals surface area contributed by atoms with E-state index < -0.39 is 5.82 Å². The van der Waals surface area contributed by atoms with E-state index in [9.17, 15) is 4.39 Å². The molecule has 2 aromatic carbocycles. The highest BCUT2D eigenvalue weighted by Gasteiger charge is 2.14. The molecule has 4 nitrogen and oxygen atoms in total. The zero-order valence-electron chi connectivity index (χ0n) is 11.2. The van der Waals surface area contributed by atoms with Gasteiger partial charge >= 0.3 is 0 Å². The standard InChI is InChI=1S/C15H12FN3OS/c1-21-10-7-5-9(6-8-10)14-18-15(20-19-14)11-3-2-4-12(16)13(11)17/h2-8H,17H2,1H3. The Labute approximate surface area is 125 Å². The van der Waals surface area contributed by atoms with Crippen molar-refractivity contribution < 1.29 is 8.91 Å². The quantitative estimate of drug-likeness (QED) is 0.588. The van der Waals surface area contributed by atoms with Gasteiger partial charge in [0.2, 0.25) is 5.82 Å². The Morgan fingerprint density at radius 2 is 1.90 bits per heavy atom. The number of thioether (sulfide) groups is 1. The van der Waals surface area contributed by atoms with Gasteiger partial charge in [-0.15, -0.1) is 11.8 Å². The van der Waals surface area contributed by atoms with E-state index in [1.165, 1.54) is 6.07 Å². The summed E-state index contributed by atoms with van der Waals surface area (Å²) in [6, 6.07) is 12.3. The second-order valence-corrected chi connectivity index (χ2v) is 5.23. The van der Waals surface area contributed by atoms with Crippen LogP contribution in [0.2, 0.25) is 0 Å². The van der Waals surface area contributed by atoms with Crippen LogP contribution in [0.1, 0.15) is 0 Å². The summed E-state index contributed by atoms with van der Waals surface area (Å²) in [7, 11) is 0. The van der Waals surface area contributed by atoms with E-state index in [0.29, 0.717) is 11.4 Å². The van der Waals surface area contributed by atoms with Crippen LogP contribution in [0.25, 0.3) is 22.8 Å². The molecule has 0 amide bonds. The van der Waals surface area contributed by atoms with Crippen molar-refractivity contribution in [3.63, 3.8) is 0 Å². The molecule has 3 aromatic rings. The Morgan fingerprint density at radius 3 is 2.62 bits per heavy atom. The predicted molar refractivity (Wildman–Crippen MR) is 81.3 cm³/mol. The van der Waals surface area contributed by atoms with Gasteiger partial charge in [0.05, 0.1) is 11.3 Å². The molecule has 106 valence electrons. The topological polar surface area (TPSA) is 64.9 Å². The first-order chi connectivity index (χ1) is 10.2. The van der Waals surface area contributed by atoms with Crippen LogP contribution in [-0.4, -0.2) is 16.4 Å². The number of para-hydroxylation sites is 1. The van der Waals surface area contributed by atoms with Crippen molar-refractivity contribution in [3.05, 3.63) is 48.3 Å². The van der Waals surface area contributed by atoms with Crippen LogP contribution >= 0.6 is 11.8 Å². The smallest absolute Gasteiger partial charge is 0.260 e. The third-order valence-electron chi connectivity index (χ3n) is 3.06. The Morgan fingerprint density at radius 1 is 1.14 bits per heavy atom. The van der Waals surface area contributed by atoms with Crippen molar-refractivity contribution in [1.29, 1.82) is 0 Å². The van der Waals surface area contributed by atoms with Crippen LogP contribution in [0.15, 0.2) is 51.9 Å². The SMILES string of the molecule is CSc1ccc(-c2noc(-c3cccc(F)c3N)n2)cc1. The van der Waals surface area contributed by atoms with Crippen LogP contribution in [0.5, 0.6) is 0 Å². The first-order valence-corrected chi connectivity index (χ1v) is 7.44. The van der Waals surface area contributed by atoms with Crippen LogP contribution in [0.4, 0.5) is 10.1 Å². The van der Waals surface area contributed by atoms with Crippen LogP contribution in [0, 0.1) is 5.82 Å². The molecule has 0 spiro atoms. The van der Waals surface area contributed by atoms with Crippen LogP contribution in [-0.2, 0) is 0 Å². The average Bonchev–Trinajstić information content (AvgIpc) is 3.00.